The highest BCUT2D eigenvalue weighted by atomic mass is 16.5. The molecule has 1 fully saturated rings. The van der Waals surface area contributed by atoms with E-state index in [-0.39, 0.29) is 12.1 Å². The van der Waals surface area contributed by atoms with Crippen LogP contribution < -0.4 is 5.73 Å². The molecule has 0 amide bonds. The molecule has 0 saturated heterocycles. The van der Waals surface area contributed by atoms with Crippen LogP contribution in [0.25, 0.3) is 0 Å². The van der Waals surface area contributed by atoms with Crippen molar-refractivity contribution in [2.75, 3.05) is 5.73 Å². The maximum absolute atomic E-state index is 12.3. The Morgan fingerprint density at radius 1 is 1.30 bits per heavy atom. The van der Waals surface area contributed by atoms with Crippen LogP contribution >= 0.6 is 0 Å². The third-order valence-electron chi connectivity index (χ3n) is 4.40. The lowest BCUT2D eigenvalue weighted by atomic mass is 9.75. The number of nitrogen functional groups attached to an aromatic ring is 1. The fourth-order valence-corrected chi connectivity index (χ4v) is 3.13. The van der Waals surface area contributed by atoms with Gasteiger partial charge in [-0.1, -0.05) is 39.3 Å². The summed E-state index contributed by atoms with van der Waals surface area (Å²) in [6.07, 6.45) is 3.35. The van der Waals surface area contributed by atoms with E-state index in [1.807, 2.05) is 12.1 Å². The van der Waals surface area contributed by atoms with E-state index in [1.165, 1.54) is 6.42 Å². The van der Waals surface area contributed by atoms with E-state index in [0.29, 0.717) is 29.0 Å². The van der Waals surface area contributed by atoms with Gasteiger partial charge in [0.05, 0.1) is 5.56 Å². The molecule has 0 aromatic heterocycles. The van der Waals surface area contributed by atoms with Crippen molar-refractivity contribution < 1.29 is 9.53 Å². The van der Waals surface area contributed by atoms with Crippen LogP contribution in [0.15, 0.2) is 24.3 Å². The molecule has 1 aromatic carbocycles. The molecule has 1 aliphatic rings. The Morgan fingerprint density at radius 3 is 2.65 bits per heavy atom. The number of anilines is 1. The average molecular weight is 275 g/mol. The second kappa shape index (κ2) is 6.29. The van der Waals surface area contributed by atoms with Gasteiger partial charge in [-0.2, -0.15) is 0 Å². The van der Waals surface area contributed by atoms with Crippen LogP contribution in [-0.2, 0) is 4.74 Å². The summed E-state index contributed by atoms with van der Waals surface area (Å²) < 4.78 is 5.78. The minimum absolute atomic E-state index is 0.0193. The van der Waals surface area contributed by atoms with Crippen LogP contribution in [0.3, 0.4) is 0 Å². The van der Waals surface area contributed by atoms with Gasteiger partial charge in [-0.05, 0) is 42.7 Å². The number of hydrogen-bond donors (Lipinski definition) is 1. The molecule has 1 saturated carbocycles. The standard InChI is InChI=1S/C17H25NO2/c1-11(2)13-9-8-12(3)10-16(13)20-17(19)14-6-4-5-7-15(14)18/h4-7,11-13,16H,8-10,18H2,1-3H3/t12-,13+,16+/m0/s1. The van der Waals surface area contributed by atoms with Crippen molar-refractivity contribution in [3.63, 3.8) is 0 Å². The highest BCUT2D eigenvalue weighted by Crippen LogP contribution is 2.35. The van der Waals surface area contributed by atoms with Crippen molar-refractivity contribution in [3.05, 3.63) is 29.8 Å². The van der Waals surface area contributed by atoms with Gasteiger partial charge in [-0.15, -0.1) is 0 Å². The Balaban J connectivity index is 2.10. The SMILES string of the molecule is CC(C)[C@H]1CC[C@H](C)C[C@H]1OC(=O)c1ccccc1N. The highest BCUT2D eigenvalue weighted by Gasteiger charge is 2.33. The molecule has 0 spiro atoms. The minimum atomic E-state index is -0.284. The van der Waals surface area contributed by atoms with E-state index in [1.54, 1.807) is 12.1 Å². The maximum atomic E-state index is 12.3. The average Bonchev–Trinajstić information content (AvgIpc) is 2.38. The highest BCUT2D eigenvalue weighted by molar-refractivity contribution is 5.95. The molecule has 3 heteroatoms. The summed E-state index contributed by atoms with van der Waals surface area (Å²) in [7, 11) is 0. The van der Waals surface area contributed by atoms with Crippen molar-refractivity contribution in [1.29, 1.82) is 0 Å². The lowest BCUT2D eigenvalue weighted by Gasteiger charge is -2.36. The molecule has 0 radical (unpaired) electrons. The van der Waals surface area contributed by atoms with Gasteiger partial charge >= 0.3 is 5.97 Å². The third kappa shape index (κ3) is 3.33. The molecule has 2 rings (SSSR count). The molecule has 0 aliphatic heterocycles. The van der Waals surface area contributed by atoms with Gasteiger partial charge in [-0.25, -0.2) is 4.79 Å². The quantitative estimate of drug-likeness (QED) is 0.672. The largest absolute Gasteiger partial charge is 0.458 e. The number of nitrogens with two attached hydrogens (primary N) is 1. The van der Waals surface area contributed by atoms with Crippen LogP contribution in [0.4, 0.5) is 5.69 Å². The smallest absolute Gasteiger partial charge is 0.340 e. The number of hydrogen-bond acceptors (Lipinski definition) is 3. The van der Waals surface area contributed by atoms with Crippen molar-refractivity contribution in [3.8, 4) is 0 Å². The fraction of sp³-hybridized carbons (Fsp3) is 0.588. The molecule has 3 atom stereocenters. The number of carbonyl (C=O) groups excluding carboxylic acids is 1. The van der Waals surface area contributed by atoms with Crippen molar-refractivity contribution in [2.45, 2.75) is 46.1 Å². The summed E-state index contributed by atoms with van der Waals surface area (Å²) in [5.41, 5.74) is 6.82. The van der Waals surface area contributed by atoms with E-state index in [9.17, 15) is 4.79 Å². The molecular weight excluding hydrogens is 250 g/mol. The lowest BCUT2D eigenvalue weighted by Crippen LogP contribution is -2.36. The maximum Gasteiger partial charge on any atom is 0.340 e. The van der Waals surface area contributed by atoms with Gasteiger partial charge in [0.2, 0.25) is 0 Å². The molecule has 2 N–H and O–H groups in total. The second-order valence-corrected chi connectivity index (χ2v) is 6.36. The van der Waals surface area contributed by atoms with Crippen molar-refractivity contribution >= 4 is 11.7 Å². The first-order valence-electron chi connectivity index (χ1n) is 7.54. The van der Waals surface area contributed by atoms with E-state index < -0.39 is 0 Å². The van der Waals surface area contributed by atoms with Gasteiger partial charge in [0.1, 0.15) is 6.10 Å². The Morgan fingerprint density at radius 2 is 2.00 bits per heavy atom. The summed E-state index contributed by atoms with van der Waals surface area (Å²) >= 11 is 0. The van der Waals surface area contributed by atoms with Crippen LogP contribution in [0.2, 0.25) is 0 Å². The van der Waals surface area contributed by atoms with Crippen molar-refractivity contribution in [1.82, 2.24) is 0 Å². The van der Waals surface area contributed by atoms with Crippen LogP contribution in [0.1, 0.15) is 50.4 Å². The van der Waals surface area contributed by atoms with E-state index >= 15 is 0 Å². The summed E-state index contributed by atoms with van der Waals surface area (Å²) in [6.45, 7) is 6.64. The van der Waals surface area contributed by atoms with Gasteiger partial charge in [-0.3, -0.25) is 0 Å². The number of benzene rings is 1. The van der Waals surface area contributed by atoms with Gasteiger partial charge < -0.3 is 10.5 Å². The Hall–Kier alpha value is -1.51. The number of rotatable bonds is 3. The third-order valence-corrected chi connectivity index (χ3v) is 4.40. The van der Waals surface area contributed by atoms with Crippen molar-refractivity contribution in [2.24, 2.45) is 17.8 Å². The molecule has 20 heavy (non-hydrogen) atoms. The number of esters is 1. The summed E-state index contributed by atoms with van der Waals surface area (Å²) in [4.78, 5) is 12.3. The van der Waals surface area contributed by atoms with Crippen LogP contribution in [0.5, 0.6) is 0 Å². The molecular formula is C17H25NO2. The Kier molecular flexibility index (Phi) is 4.69. The number of para-hydroxylation sites is 1. The Bertz CT molecular complexity index is 470. The number of carbonyl (C=O) groups is 1. The van der Waals surface area contributed by atoms with E-state index in [2.05, 4.69) is 20.8 Å². The van der Waals surface area contributed by atoms with Crippen LogP contribution in [0, 0.1) is 17.8 Å². The van der Waals surface area contributed by atoms with Gasteiger partial charge in [0, 0.05) is 5.69 Å². The van der Waals surface area contributed by atoms with Gasteiger partial charge in [0.25, 0.3) is 0 Å². The monoisotopic (exact) mass is 275 g/mol. The molecule has 1 aliphatic carbocycles. The predicted octanol–water partition coefficient (Wildman–Crippen LogP) is 3.89. The van der Waals surface area contributed by atoms with E-state index in [4.69, 9.17) is 10.5 Å². The zero-order valence-corrected chi connectivity index (χ0v) is 12.6. The molecule has 0 heterocycles. The Labute approximate surface area is 121 Å². The molecule has 0 bridgehead atoms. The normalized spacial score (nSPS) is 26.5. The zero-order valence-electron chi connectivity index (χ0n) is 12.6. The molecule has 0 unspecified atom stereocenters. The topological polar surface area (TPSA) is 52.3 Å². The van der Waals surface area contributed by atoms with E-state index in [0.717, 1.165) is 12.8 Å². The minimum Gasteiger partial charge on any atom is -0.458 e. The molecule has 3 nitrogen and oxygen atoms in total. The first-order chi connectivity index (χ1) is 9.49. The summed E-state index contributed by atoms with van der Waals surface area (Å²) in [5, 5.41) is 0. The summed E-state index contributed by atoms with van der Waals surface area (Å²) in [6, 6.07) is 7.11. The predicted molar refractivity (Wildman–Crippen MR) is 81.4 cm³/mol. The summed E-state index contributed by atoms with van der Waals surface area (Å²) in [5.74, 6) is 1.33. The number of ether oxygens (including phenoxy) is 1. The van der Waals surface area contributed by atoms with Crippen LogP contribution in [-0.4, -0.2) is 12.1 Å². The molecule has 1 aromatic rings. The fourth-order valence-electron chi connectivity index (χ4n) is 3.13. The lowest BCUT2D eigenvalue weighted by molar-refractivity contribution is -0.0173. The second-order valence-electron chi connectivity index (χ2n) is 6.36. The first-order valence-corrected chi connectivity index (χ1v) is 7.54. The molecule has 110 valence electrons. The first kappa shape index (κ1) is 14.9. The van der Waals surface area contributed by atoms with Gasteiger partial charge in [0.15, 0.2) is 0 Å². The zero-order chi connectivity index (χ0) is 14.7.